The van der Waals surface area contributed by atoms with Gasteiger partial charge in [0.1, 0.15) is 5.82 Å². The molecule has 0 atom stereocenters. The Balaban J connectivity index is 2.68. The molecule has 0 radical (unpaired) electrons. The third kappa shape index (κ3) is 3.95. The minimum atomic E-state index is -0.210. The molecule has 0 saturated carbocycles. The topological polar surface area (TPSA) is 29.3 Å². The van der Waals surface area contributed by atoms with Crippen LogP contribution < -0.4 is 10.6 Å². The number of halogens is 1. The smallest absolute Gasteiger partial charge is 0.123 e. The Bertz CT molecular complexity index is 401. The van der Waals surface area contributed by atoms with Crippen LogP contribution in [-0.4, -0.2) is 18.1 Å². The number of thiocarbonyl (C=S) groups is 1. The van der Waals surface area contributed by atoms with Gasteiger partial charge in [-0.2, -0.15) is 0 Å². The average Bonchev–Trinajstić information content (AvgIpc) is 2.31. The largest absolute Gasteiger partial charge is 0.393 e. The van der Waals surface area contributed by atoms with Crippen LogP contribution in [0.2, 0.25) is 0 Å². The zero-order valence-corrected chi connectivity index (χ0v) is 12.1. The SMILES string of the molecule is CCN(CCC(C)(C)C(N)=S)c1ccc(F)cc1. The molecule has 100 valence electrons. The van der Waals surface area contributed by atoms with E-state index in [9.17, 15) is 4.39 Å². The van der Waals surface area contributed by atoms with Crippen LogP contribution in [0.4, 0.5) is 10.1 Å². The monoisotopic (exact) mass is 268 g/mol. The van der Waals surface area contributed by atoms with Gasteiger partial charge < -0.3 is 10.6 Å². The van der Waals surface area contributed by atoms with Crippen molar-refractivity contribution >= 4 is 22.9 Å². The third-order valence-electron chi connectivity index (χ3n) is 3.25. The van der Waals surface area contributed by atoms with Crippen LogP contribution in [0.5, 0.6) is 0 Å². The maximum Gasteiger partial charge on any atom is 0.123 e. The molecule has 1 rings (SSSR count). The molecule has 0 amide bonds. The van der Waals surface area contributed by atoms with E-state index in [4.69, 9.17) is 18.0 Å². The molecule has 2 nitrogen and oxygen atoms in total. The zero-order chi connectivity index (χ0) is 13.8. The number of nitrogens with zero attached hydrogens (tertiary/aromatic N) is 1. The minimum Gasteiger partial charge on any atom is -0.393 e. The molecular weight excluding hydrogens is 247 g/mol. The van der Waals surface area contributed by atoms with E-state index in [1.165, 1.54) is 12.1 Å². The second kappa shape index (κ2) is 6.14. The Morgan fingerprint density at radius 3 is 2.33 bits per heavy atom. The molecule has 0 aliphatic rings. The molecule has 1 aromatic carbocycles. The van der Waals surface area contributed by atoms with E-state index in [1.54, 1.807) is 12.1 Å². The van der Waals surface area contributed by atoms with Crippen LogP contribution in [0.3, 0.4) is 0 Å². The van der Waals surface area contributed by atoms with Crippen molar-refractivity contribution in [3.8, 4) is 0 Å². The highest BCUT2D eigenvalue weighted by Crippen LogP contribution is 2.23. The summed E-state index contributed by atoms with van der Waals surface area (Å²) in [5.74, 6) is -0.210. The van der Waals surface area contributed by atoms with E-state index in [2.05, 4.69) is 11.8 Å². The van der Waals surface area contributed by atoms with Crippen molar-refractivity contribution in [1.82, 2.24) is 0 Å². The first-order chi connectivity index (χ1) is 8.36. The fourth-order valence-corrected chi connectivity index (χ4v) is 1.76. The molecule has 0 heterocycles. The van der Waals surface area contributed by atoms with Gasteiger partial charge in [0.2, 0.25) is 0 Å². The number of benzene rings is 1. The van der Waals surface area contributed by atoms with Crippen molar-refractivity contribution in [2.75, 3.05) is 18.0 Å². The van der Waals surface area contributed by atoms with Crippen molar-refractivity contribution in [3.05, 3.63) is 30.1 Å². The summed E-state index contributed by atoms with van der Waals surface area (Å²) in [4.78, 5) is 2.73. The molecule has 0 aromatic heterocycles. The van der Waals surface area contributed by atoms with Gasteiger partial charge >= 0.3 is 0 Å². The normalized spacial score (nSPS) is 11.3. The first kappa shape index (κ1) is 14.9. The molecule has 4 heteroatoms. The summed E-state index contributed by atoms with van der Waals surface area (Å²) in [6, 6.07) is 6.56. The van der Waals surface area contributed by atoms with Gasteiger partial charge in [0.05, 0.1) is 4.99 Å². The maximum absolute atomic E-state index is 12.9. The van der Waals surface area contributed by atoms with E-state index in [1.807, 2.05) is 13.8 Å². The summed E-state index contributed by atoms with van der Waals surface area (Å²) in [5.41, 5.74) is 6.60. The van der Waals surface area contributed by atoms with Crippen LogP contribution in [0.15, 0.2) is 24.3 Å². The number of rotatable bonds is 6. The van der Waals surface area contributed by atoms with Crippen molar-refractivity contribution in [2.24, 2.45) is 11.1 Å². The molecule has 0 aliphatic heterocycles. The van der Waals surface area contributed by atoms with Crippen LogP contribution in [0, 0.1) is 11.2 Å². The summed E-state index contributed by atoms with van der Waals surface area (Å²) in [6.07, 6.45) is 0.882. The molecule has 0 spiro atoms. The predicted octanol–water partition coefficient (Wildman–Crippen LogP) is 3.35. The lowest BCUT2D eigenvalue weighted by Crippen LogP contribution is -2.35. The van der Waals surface area contributed by atoms with E-state index < -0.39 is 0 Å². The quantitative estimate of drug-likeness (QED) is 0.802. The van der Waals surface area contributed by atoms with Crippen molar-refractivity contribution in [3.63, 3.8) is 0 Å². The molecule has 0 saturated heterocycles. The maximum atomic E-state index is 12.9. The van der Waals surface area contributed by atoms with Gasteiger partial charge in [-0.05, 0) is 37.6 Å². The number of anilines is 1. The van der Waals surface area contributed by atoms with E-state index in [0.29, 0.717) is 4.99 Å². The van der Waals surface area contributed by atoms with Crippen LogP contribution in [0.25, 0.3) is 0 Å². The van der Waals surface area contributed by atoms with Gasteiger partial charge in [0, 0.05) is 24.2 Å². The Morgan fingerprint density at radius 2 is 1.89 bits per heavy atom. The highest BCUT2D eigenvalue weighted by Gasteiger charge is 2.22. The molecule has 1 aromatic rings. The molecule has 0 unspecified atom stereocenters. The lowest BCUT2D eigenvalue weighted by Gasteiger charge is -2.29. The van der Waals surface area contributed by atoms with Crippen LogP contribution in [0.1, 0.15) is 27.2 Å². The lowest BCUT2D eigenvalue weighted by atomic mass is 9.89. The Kier molecular flexibility index (Phi) is 5.08. The van der Waals surface area contributed by atoms with E-state index in [0.717, 1.165) is 25.2 Å². The van der Waals surface area contributed by atoms with Crippen molar-refractivity contribution in [2.45, 2.75) is 27.2 Å². The van der Waals surface area contributed by atoms with Crippen LogP contribution >= 0.6 is 12.2 Å². The van der Waals surface area contributed by atoms with Crippen molar-refractivity contribution < 1.29 is 4.39 Å². The number of hydrogen-bond acceptors (Lipinski definition) is 2. The molecule has 0 aliphatic carbocycles. The van der Waals surface area contributed by atoms with E-state index in [-0.39, 0.29) is 11.2 Å². The average molecular weight is 268 g/mol. The predicted molar refractivity (Wildman–Crippen MR) is 79.5 cm³/mol. The third-order valence-corrected chi connectivity index (χ3v) is 3.80. The summed E-state index contributed by atoms with van der Waals surface area (Å²) >= 11 is 5.06. The van der Waals surface area contributed by atoms with Gasteiger partial charge in [0.25, 0.3) is 0 Å². The highest BCUT2D eigenvalue weighted by atomic mass is 32.1. The Morgan fingerprint density at radius 1 is 1.33 bits per heavy atom. The number of hydrogen-bond donors (Lipinski definition) is 1. The highest BCUT2D eigenvalue weighted by molar-refractivity contribution is 7.80. The molecule has 18 heavy (non-hydrogen) atoms. The summed E-state index contributed by atoms with van der Waals surface area (Å²) in [5, 5.41) is 0. The standard InChI is InChI=1S/C14H21FN2S/c1-4-17(10-9-14(2,3)13(16)18)12-7-5-11(15)6-8-12/h5-8H,4,9-10H2,1-3H3,(H2,16,18). The first-order valence-corrected chi connectivity index (χ1v) is 6.58. The van der Waals surface area contributed by atoms with Crippen molar-refractivity contribution in [1.29, 1.82) is 0 Å². The minimum absolute atomic E-state index is 0.150. The summed E-state index contributed by atoms with van der Waals surface area (Å²) in [6.45, 7) is 7.91. The Labute approximate surface area is 114 Å². The molecular formula is C14H21FN2S. The van der Waals surface area contributed by atoms with E-state index >= 15 is 0 Å². The Hall–Kier alpha value is -1.16. The number of nitrogens with two attached hydrogens (primary N) is 1. The van der Waals surface area contributed by atoms with Gasteiger partial charge in [-0.1, -0.05) is 26.1 Å². The zero-order valence-electron chi connectivity index (χ0n) is 11.2. The summed E-state index contributed by atoms with van der Waals surface area (Å²) < 4.78 is 12.9. The fraction of sp³-hybridized carbons (Fsp3) is 0.500. The fourth-order valence-electron chi connectivity index (χ4n) is 1.66. The second-order valence-electron chi connectivity index (χ2n) is 5.05. The molecule has 0 bridgehead atoms. The second-order valence-corrected chi connectivity index (χ2v) is 5.49. The van der Waals surface area contributed by atoms with Gasteiger partial charge in [-0.15, -0.1) is 0 Å². The first-order valence-electron chi connectivity index (χ1n) is 6.17. The summed E-state index contributed by atoms with van der Waals surface area (Å²) in [7, 11) is 0. The van der Waals surface area contributed by atoms with Gasteiger partial charge in [0.15, 0.2) is 0 Å². The van der Waals surface area contributed by atoms with Gasteiger partial charge in [-0.3, -0.25) is 0 Å². The van der Waals surface area contributed by atoms with Gasteiger partial charge in [-0.25, -0.2) is 4.39 Å². The molecule has 0 fully saturated rings. The molecule has 2 N–H and O–H groups in total. The lowest BCUT2D eigenvalue weighted by molar-refractivity contribution is 0.477. The van der Waals surface area contributed by atoms with Crippen LogP contribution in [-0.2, 0) is 0 Å².